The van der Waals surface area contributed by atoms with Gasteiger partial charge in [-0.15, -0.1) is 0 Å². The number of hydrogen-bond acceptors (Lipinski definition) is 3. The summed E-state index contributed by atoms with van der Waals surface area (Å²) >= 11 is 0. The number of para-hydroxylation sites is 1. The average molecular weight is 277 g/mol. The highest BCUT2D eigenvalue weighted by Crippen LogP contribution is 2.23. The summed E-state index contributed by atoms with van der Waals surface area (Å²) in [5.41, 5.74) is 8.23. The maximum atomic E-state index is 13.8. The first-order valence-corrected chi connectivity index (χ1v) is 6.85. The number of benzene rings is 1. The summed E-state index contributed by atoms with van der Waals surface area (Å²) in [4.78, 5) is 0. The van der Waals surface area contributed by atoms with Crippen LogP contribution in [0.1, 0.15) is 30.8 Å². The van der Waals surface area contributed by atoms with Gasteiger partial charge in [0.2, 0.25) is 0 Å². The van der Waals surface area contributed by atoms with Gasteiger partial charge < -0.3 is 10.5 Å². The molecular formula is C15H20FN3O. The number of nitrogens with two attached hydrogens (primary N) is 1. The lowest BCUT2D eigenvalue weighted by atomic mass is 10.2. The summed E-state index contributed by atoms with van der Waals surface area (Å²) < 4.78 is 21.3. The molecule has 0 saturated heterocycles. The third kappa shape index (κ3) is 2.99. The average Bonchev–Trinajstić information content (AvgIpc) is 2.88. The molecule has 4 nitrogen and oxygen atoms in total. The highest BCUT2D eigenvalue weighted by molar-refractivity contribution is 5.35. The molecular weight excluding hydrogens is 257 g/mol. The third-order valence-corrected chi connectivity index (χ3v) is 3.21. The first kappa shape index (κ1) is 14.5. The molecule has 0 radical (unpaired) electrons. The summed E-state index contributed by atoms with van der Waals surface area (Å²) in [7, 11) is 0. The zero-order valence-corrected chi connectivity index (χ0v) is 11.9. The maximum absolute atomic E-state index is 13.8. The lowest BCUT2D eigenvalue weighted by Crippen LogP contribution is -2.09. The van der Waals surface area contributed by atoms with E-state index in [1.807, 2.05) is 17.7 Å². The Morgan fingerprint density at radius 2 is 2.15 bits per heavy atom. The molecule has 5 heteroatoms. The van der Waals surface area contributed by atoms with Crippen LogP contribution in [0, 0.1) is 5.82 Å². The van der Waals surface area contributed by atoms with E-state index in [1.54, 1.807) is 12.1 Å². The molecule has 0 spiro atoms. The summed E-state index contributed by atoms with van der Waals surface area (Å²) in [5, 5.41) is 4.44. The lowest BCUT2D eigenvalue weighted by Gasteiger charge is -2.11. The Labute approximate surface area is 118 Å². The smallest absolute Gasteiger partial charge is 0.165 e. The number of hydrogen-bond donors (Lipinski definition) is 1. The van der Waals surface area contributed by atoms with Crippen LogP contribution in [0.2, 0.25) is 0 Å². The predicted molar refractivity (Wildman–Crippen MR) is 75.9 cm³/mol. The van der Waals surface area contributed by atoms with E-state index in [9.17, 15) is 4.39 Å². The minimum atomic E-state index is -0.383. The quantitative estimate of drug-likeness (QED) is 0.883. The number of aryl methyl sites for hydroxylation is 2. The third-order valence-electron chi connectivity index (χ3n) is 3.21. The molecule has 2 aromatic rings. The Hall–Kier alpha value is -1.88. The van der Waals surface area contributed by atoms with Crippen LogP contribution >= 0.6 is 0 Å². The van der Waals surface area contributed by atoms with Crippen LogP contribution in [-0.4, -0.2) is 9.78 Å². The van der Waals surface area contributed by atoms with E-state index in [2.05, 4.69) is 12.0 Å². The minimum Gasteiger partial charge on any atom is -0.484 e. The van der Waals surface area contributed by atoms with Gasteiger partial charge in [-0.1, -0.05) is 19.1 Å². The topological polar surface area (TPSA) is 53.1 Å². The van der Waals surface area contributed by atoms with Crippen molar-refractivity contribution in [3.63, 3.8) is 0 Å². The second-order valence-corrected chi connectivity index (χ2v) is 4.52. The van der Waals surface area contributed by atoms with E-state index in [4.69, 9.17) is 10.5 Å². The van der Waals surface area contributed by atoms with E-state index >= 15 is 0 Å². The SMILES string of the molecule is CCc1cc(COc2c(F)cccc2CN)n(CC)n1. The molecule has 0 bridgehead atoms. The van der Waals surface area contributed by atoms with Crippen molar-refractivity contribution in [1.29, 1.82) is 0 Å². The van der Waals surface area contributed by atoms with Crippen LogP contribution in [0.3, 0.4) is 0 Å². The van der Waals surface area contributed by atoms with Gasteiger partial charge in [-0.05, 0) is 25.5 Å². The molecule has 0 atom stereocenters. The monoisotopic (exact) mass is 277 g/mol. The number of halogens is 1. The minimum absolute atomic E-state index is 0.233. The van der Waals surface area contributed by atoms with E-state index in [1.165, 1.54) is 6.07 Å². The number of nitrogens with zero attached hydrogens (tertiary/aromatic N) is 2. The van der Waals surface area contributed by atoms with Gasteiger partial charge in [0.1, 0.15) is 6.61 Å². The van der Waals surface area contributed by atoms with Crippen LogP contribution in [-0.2, 0) is 26.1 Å². The highest BCUT2D eigenvalue weighted by atomic mass is 19.1. The van der Waals surface area contributed by atoms with E-state index < -0.39 is 0 Å². The number of aromatic nitrogens is 2. The van der Waals surface area contributed by atoms with Crippen molar-refractivity contribution in [3.05, 3.63) is 47.0 Å². The van der Waals surface area contributed by atoms with Crippen molar-refractivity contribution in [2.24, 2.45) is 5.73 Å². The van der Waals surface area contributed by atoms with E-state index in [0.717, 1.165) is 24.4 Å². The fourth-order valence-electron chi connectivity index (χ4n) is 2.10. The summed E-state index contributed by atoms with van der Waals surface area (Å²) in [6, 6.07) is 6.78. The van der Waals surface area contributed by atoms with Gasteiger partial charge in [-0.25, -0.2) is 4.39 Å². The van der Waals surface area contributed by atoms with Crippen molar-refractivity contribution in [1.82, 2.24) is 9.78 Å². The van der Waals surface area contributed by atoms with Crippen molar-refractivity contribution in [2.75, 3.05) is 0 Å². The zero-order valence-electron chi connectivity index (χ0n) is 11.9. The van der Waals surface area contributed by atoms with Gasteiger partial charge >= 0.3 is 0 Å². The Morgan fingerprint density at radius 1 is 1.35 bits per heavy atom. The highest BCUT2D eigenvalue weighted by Gasteiger charge is 2.11. The molecule has 2 N–H and O–H groups in total. The second kappa shape index (κ2) is 6.52. The van der Waals surface area contributed by atoms with Crippen LogP contribution in [0.25, 0.3) is 0 Å². The Bertz CT molecular complexity index is 580. The molecule has 1 aromatic heterocycles. The van der Waals surface area contributed by atoms with Crippen LogP contribution in [0.15, 0.2) is 24.3 Å². The zero-order chi connectivity index (χ0) is 14.5. The molecule has 0 aliphatic heterocycles. The molecule has 20 heavy (non-hydrogen) atoms. The van der Waals surface area contributed by atoms with Gasteiger partial charge in [-0.3, -0.25) is 4.68 Å². The molecule has 0 amide bonds. The van der Waals surface area contributed by atoms with Crippen molar-refractivity contribution in [2.45, 2.75) is 40.0 Å². The predicted octanol–water partition coefficient (Wildman–Crippen LogP) is 2.64. The molecule has 0 saturated carbocycles. The Morgan fingerprint density at radius 3 is 2.80 bits per heavy atom. The van der Waals surface area contributed by atoms with Gasteiger partial charge in [-0.2, -0.15) is 5.10 Å². The number of rotatable bonds is 6. The first-order chi connectivity index (χ1) is 9.69. The van der Waals surface area contributed by atoms with Crippen molar-refractivity contribution in [3.8, 4) is 5.75 Å². The molecule has 0 aliphatic carbocycles. The van der Waals surface area contributed by atoms with E-state index in [-0.39, 0.29) is 24.7 Å². The molecule has 1 heterocycles. The van der Waals surface area contributed by atoms with Gasteiger partial charge in [0.05, 0.1) is 11.4 Å². The second-order valence-electron chi connectivity index (χ2n) is 4.52. The molecule has 1 aromatic carbocycles. The van der Waals surface area contributed by atoms with Crippen LogP contribution in [0.4, 0.5) is 4.39 Å². The first-order valence-electron chi connectivity index (χ1n) is 6.85. The molecule has 0 unspecified atom stereocenters. The molecule has 0 aliphatic rings. The fraction of sp³-hybridized carbons (Fsp3) is 0.400. The van der Waals surface area contributed by atoms with Crippen LogP contribution < -0.4 is 10.5 Å². The number of ether oxygens (including phenoxy) is 1. The van der Waals surface area contributed by atoms with Gasteiger partial charge in [0.15, 0.2) is 11.6 Å². The molecule has 2 rings (SSSR count). The van der Waals surface area contributed by atoms with Crippen LogP contribution in [0.5, 0.6) is 5.75 Å². The molecule has 108 valence electrons. The summed E-state index contributed by atoms with van der Waals surface area (Å²) in [6.07, 6.45) is 0.869. The fourth-order valence-corrected chi connectivity index (χ4v) is 2.10. The normalized spacial score (nSPS) is 10.8. The van der Waals surface area contributed by atoms with Gasteiger partial charge in [0.25, 0.3) is 0 Å². The standard InChI is InChI=1S/C15H20FN3O/c1-3-12-8-13(19(4-2)18-12)10-20-15-11(9-17)6-5-7-14(15)16/h5-8H,3-4,9-10,17H2,1-2H3. The summed E-state index contributed by atoms with van der Waals surface area (Å²) in [6.45, 7) is 5.37. The Balaban J connectivity index is 2.18. The van der Waals surface area contributed by atoms with Gasteiger partial charge in [0, 0.05) is 18.7 Å². The van der Waals surface area contributed by atoms with E-state index in [0.29, 0.717) is 5.56 Å². The lowest BCUT2D eigenvalue weighted by molar-refractivity contribution is 0.275. The largest absolute Gasteiger partial charge is 0.484 e. The summed E-state index contributed by atoms with van der Waals surface area (Å²) in [5.74, 6) is -0.150. The molecule has 0 fully saturated rings. The maximum Gasteiger partial charge on any atom is 0.165 e. The Kier molecular flexibility index (Phi) is 4.74. The van der Waals surface area contributed by atoms with Crippen molar-refractivity contribution >= 4 is 0 Å². The van der Waals surface area contributed by atoms with Crippen molar-refractivity contribution < 1.29 is 9.13 Å².